The molecule has 0 aromatic rings. The molecule has 2 saturated heterocycles. The number of hydrogen-bond donors (Lipinski definition) is 2. The van der Waals surface area contributed by atoms with E-state index in [9.17, 15) is 4.79 Å². The number of allylic oxidation sites excluding steroid dienone is 3. The number of hydrogen-bond acceptors (Lipinski definition) is 5. The highest BCUT2D eigenvalue weighted by molar-refractivity contribution is 5.67. The summed E-state index contributed by atoms with van der Waals surface area (Å²) in [6.45, 7) is 1.39. The Balaban J connectivity index is 1.16. The smallest absolute Gasteiger partial charge is 0.407 e. The van der Waals surface area contributed by atoms with Crippen molar-refractivity contribution in [2.45, 2.75) is 56.7 Å². The fraction of sp³-hybridized carbons (Fsp3) is 0.722. The summed E-state index contributed by atoms with van der Waals surface area (Å²) in [6.07, 6.45) is 10.2. The van der Waals surface area contributed by atoms with Crippen LogP contribution in [0.3, 0.4) is 0 Å². The molecule has 6 heteroatoms. The lowest BCUT2D eigenvalue weighted by atomic mass is 9.93. The van der Waals surface area contributed by atoms with Crippen LogP contribution < -0.4 is 10.6 Å². The van der Waals surface area contributed by atoms with Gasteiger partial charge in [-0.3, -0.25) is 0 Å². The molecule has 2 fully saturated rings. The molecule has 2 bridgehead atoms. The van der Waals surface area contributed by atoms with E-state index in [4.69, 9.17) is 14.2 Å². The molecule has 3 unspecified atom stereocenters. The quantitative estimate of drug-likeness (QED) is 0.825. The Bertz CT molecular complexity index is 533. The van der Waals surface area contributed by atoms with Gasteiger partial charge in [0.15, 0.2) is 11.9 Å². The molecule has 1 amide bonds. The van der Waals surface area contributed by atoms with E-state index in [2.05, 4.69) is 16.7 Å². The maximum atomic E-state index is 11.9. The van der Waals surface area contributed by atoms with Gasteiger partial charge in [-0.25, -0.2) is 4.79 Å². The summed E-state index contributed by atoms with van der Waals surface area (Å²) in [6, 6.07) is 1.25. The molecule has 4 rings (SSSR count). The van der Waals surface area contributed by atoms with Crippen molar-refractivity contribution in [3.63, 3.8) is 0 Å². The second kappa shape index (κ2) is 7.05. The molecule has 1 aliphatic carbocycles. The summed E-state index contributed by atoms with van der Waals surface area (Å²) in [7, 11) is 0. The maximum absolute atomic E-state index is 11.9. The summed E-state index contributed by atoms with van der Waals surface area (Å²) in [5.41, 5.74) is 0. The van der Waals surface area contributed by atoms with Crippen LogP contribution in [-0.2, 0) is 14.2 Å². The minimum atomic E-state index is -0.358. The van der Waals surface area contributed by atoms with Crippen molar-refractivity contribution in [3.8, 4) is 0 Å². The summed E-state index contributed by atoms with van der Waals surface area (Å²) in [4.78, 5) is 11.9. The van der Waals surface area contributed by atoms with Crippen molar-refractivity contribution in [2.75, 3.05) is 19.8 Å². The Labute approximate surface area is 142 Å². The Hall–Kier alpha value is -1.69. The molecule has 24 heavy (non-hydrogen) atoms. The monoisotopic (exact) mass is 334 g/mol. The lowest BCUT2D eigenvalue weighted by molar-refractivity contribution is -0.00145. The van der Waals surface area contributed by atoms with E-state index < -0.39 is 0 Å². The first-order valence-corrected chi connectivity index (χ1v) is 9.12. The van der Waals surface area contributed by atoms with E-state index in [1.807, 2.05) is 6.08 Å². The van der Waals surface area contributed by atoms with Gasteiger partial charge in [-0.1, -0.05) is 6.08 Å². The van der Waals surface area contributed by atoms with E-state index in [1.54, 1.807) is 0 Å². The van der Waals surface area contributed by atoms with Crippen molar-refractivity contribution >= 4 is 6.09 Å². The molecule has 132 valence electrons. The highest BCUT2D eigenvalue weighted by atomic mass is 16.6. The fourth-order valence-corrected chi connectivity index (χ4v) is 4.13. The summed E-state index contributed by atoms with van der Waals surface area (Å²) in [5.74, 6) is 2.22. The first-order valence-electron chi connectivity index (χ1n) is 9.12. The largest absolute Gasteiger partial charge is 0.490 e. The predicted octanol–water partition coefficient (Wildman–Crippen LogP) is 2.22. The van der Waals surface area contributed by atoms with Crippen LogP contribution in [0.1, 0.15) is 38.5 Å². The van der Waals surface area contributed by atoms with Crippen molar-refractivity contribution in [2.24, 2.45) is 5.92 Å². The van der Waals surface area contributed by atoms with Gasteiger partial charge in [-0.2, -0.15) is 0 Å². The van der Waals surface area contributed by atoms with Crippen LogP contribution in [0.25, 0.3) is 0 Å². The molecule has 3 heterocycles. The molecule has 0 saturated carbocycles. The summed E-state index contributed by atoms with van der Waals surface area (Å²) in [5, 5.41) is 6.40. The van der Waals surface area contributed by atoms with Gasteiger partial charge in [0, 0.05) is 18.5 Å². The van der Waals surface area contributed by atoms with Gasteiger partial charge >= 0.3 is 6.09 Å². The van der Waals surface area contributed by atoms with Crippen LogP contribution in [0.4, 0.5) is 4.79 Å². The first kappa shape index (κ1) is 15.8. The third kappa shape index (κ3) is 3.69. The number of carbonyl (C=O) groups excluding carboxylic acids is 1. The highest BCUT2D eigenvalue weighted by Crippen LogP contribution is 2.31. The Morgan fingerprint density at radius 3 is 3.00 bits per heavy atom. The molecule has 3 atom stereocenters. The number of piperidine rings is 1. The molecule has 0 aromatic carbocycles. The minimum absolute atomic E-state index is 0.159. The lowest BCUT2D eigenvalue weighted by Crippen LogP contribution is -2.41. The SMILES string of the molecule is O=C(NCC1COC2=C(C=CCC2)O1)OCC1CC2CCC(C1)N2. The fourth-order valence-electron chi connectivity index (χ4n) is 4.13. The van der Waals surface area contributed by atoms with Gasteiger partial charge in [-0.15, -0.1) is 0 Å². The number of rotatable bonds is 4. The van der Waals surface area contributed by atoms with Crippen LogP contribution in [0.2, 0.25) is 0 Å². The molecule has 0 spiro atoms. The molecule has 2 N–H and O–H groups in total. The van der Waals surface area contributed by atoms with Gasteiger partial charge in [0.2, 0.25) is 0 Å². The Kier molecular flexibility index (Phi) is 4.65. The van der Waals surface area contributed by atoms with Crippen LogP contribution in [0.5, 0.6) is 0 Å². The predicted molar refractivity (Wildman–Crippen MR) is 88.2 cm³/mol. The Morgan fingerprint density at radius 2 is 2.17 bits per heavy atom. The number of carbonyl (C=O) groups is 1. The van der Waals surface area contributed by atoms with Gasteiger partial charge < -0.3 is 24.8 Å². The van der Waals surface area contributed by atoms with Crippen molar-refractivity contribution in [1.29, 1.82) is 0 Å². The minimum Gasteiger partial charge on any atom is -0.490 e. The first-order chi connectivity index (χ1) is 11.8. The van der Waals surface area contributed by atoms with Gasteiger partial charge in [0.25, 0.3) is 0 Å². The maximum Gasteiger partial charge on any atom is 0.407 e. The third-order valence-corrected chi connectivity index (χ3v) is 5.31. The number of ether oxygens (including phenoxy) is 3. The molecule has 0 radical (unpaired) electrons. The third-order valence-electron chi connectivity index (χ3n) is 5.31. The zero-order valence-electron chi connectivity index (χ0n) is 14.0. The number of fused-ring (bicyclic) bond motifs is 2. The topological polar surface area (TPSA) is 68.8 Å². The zero-order valence-corrected chi connectivity index (χ0v) is 14.0. The average molecular weight is 334 g/mol. The van der Waals surface area contributed by atoms with E-state index >= 15 is 0 Å². The number of amides is 1. The molecule has 6 nitrogen and oxygen atoms in total. The molecular weight excluding hydrogens is 308 g/mol. The highest BCUT2D eigenvalue weighted by Gasteiger charge is 2.34. The lowest BCUT2D eigenvalue weighted by Gasteiger charge is -2.30. The Morgan fingerprint density at radius 1 is 1.33 bits per heavy atom. The second-order valence-corrected chi connectivity index (χ2v) is 7.23. The van der Waals surface area contributed by atoms with E-state index in [0.29, 0.717) is 37.8 Å². The van der Waals surface area contributed by atoms with Crippen LogP contribution in [0, 0.1) is 5.92 Å². The molecule has 4 aliphatic rings. The van der Waals surface area contributed by atoms with Gasteiger partial charge in [0.05, 0.1) is 13.2 Å². The van der Waals surface area contributed by atoms with E-state index in [1.165, 1.54) is 12.8 Å². The van der Waals surface area contributed by atoms with E-state index in [0.717, 1.165) is 37.2 Å². The van der Waals surface area contributed by atoms with Gasteiger partial charge in [0.1, 0.15) is 12.4 Å². The van der Waals surface area contributed by atoms with Crippen LogP contribution in [0.15, 0.2) is 23.7 Å². The average Bonchev–Trinajstić information content (AvgIpc) is 2.96. The second-order valence-electron chi connectivity index (χ2n) is 7.23. The standard InChI is InChI=1S/C18H26N2O4/c21-18(23-10-12-7-13-5-6-14(8-12)20-13)19-9-15-11-22-16-3-1-2-4-17(16)24-15/h2,4,12-15,20H,1,3,5-11H2,(H,19,21). The molecular formula is C18H26N2O4. The molecule has 3 aliphatic heterocycles. The van der Waals surface area contributed by atoms with Crippen molar-refractivity contribution < 1.29 is 19.0 Å². The number of alkyl carbamates (subject to hydrolysis) is 1. The van der Waals surface area contributed by atoms with Gasteiger partial charge in [-0.05, 0) is 44.1 Å². The van der Waals surface area contributed by atoms with E-state index in [-0.39, 0.29) is 12.2 Å². The normalized spacial score (nSPS) is 34.2. The van der Waals surface area contributed by atoms with Crippen LogP contribution >= 0.6 is 0 Å². The van der Waals surface area contributed by atoms with Crippen molar-refractivity contribution in [1.82, 2.24) is 10.6 Å². The zero-order chi connectivity index (χ0) is 16.4. The van der Waals surface area contributed by atoms with Crippen LogP contribution in [-0.4, -0.2) is 44.0 Å². The summed E-state index contributed by atoms with van der Waals surface area (Å²) < 4.78 is 17.0. The molecule has 0 aromatic heterocycles. The number of nitrogens with one attached hydrogen (secondary N) is 2. The van der Waals surface area contributed by atoms with Crippen molar-refractivity contribution in [3.05, 3.63) is 23.7 Å². The summed E-state index contributed by atoms with van der Waals surface area (Å²) >= 11 is 0.